The van der Waals surface area contributed by atoms with Crippen molar-refractivity contribution in [2.75, 3.05) is 5.32 Å². The molecule has 7 rings (SSSR count). The minimum absolute atomic E-state index is 0.522. The number of nitrogens with one attached hydrogen (secondary N) is 2. The molecular formula is C30H24N6O2. The molecule has 0 unspecified atom stereocenters. The van der Waals surface area contributed by atoms with Gasteiger partial charge in [-0.05, 0) is 61.2 Å². The van der Waals surface area contributed by atoms with Gasteiger partial charge in [-0.15, -0.1) is 0 Å². The minimum atomic E-state index is -0.995. The number of fused-ring (bicyclic) bond motifs is 5. The van der Waals surface area contributed by atoms with Crippen LogP contribution in [0, 0.1) is 0 Å². The summed E-state index contributed by atoms with van der Waals surface area (Å²) in [6, 6.07) is 24.2. The first-order chi connectivity index (χ1) is 18.6. The van der Waals surface area contributed by atoms with E-state index >= 15 is 0 Å². The molecule has 0 atom stereocenters. The second-order valence-electron chi connectivity index (χ2n) is 9.69. The zero-order chi connectivity index (χ0) is 25.7. The molecule has 0 spiro atoms. The molecule has 8 heteroatoms. The first kappa shape index (κ1) is 22.2. The zero-order valence-corrected chi connectivity index (χ0v) is 20.4. The highest BCUT2D eigenvalue weighted by Gasteiger charge is 2.40. The summed E-state index contributed by atoms with van der Waals surface area (Å²) in [7, 11) is 0. The maximum absolute atomic E-state index is 11.5. The van der Waals surface area contributed by atoms with Gasteiger partial charge in [0.05, 0.1) is 28.3 Å². The third-order valence-corrected chi connectivity index (χ3v) is 7.54. The van der Waals surface area contributed by atoms with Crippen LogP contribution in [0.4, 0.5) is 16.3 Å². The van der Waals surface area contributed by atoms with Gasteiger partial charge in [0.1, 0.15) is 5.82 Å². The summed E-state index contributed by atoms with van der Waals surface area (Å²) in [6.07, 6.45) is 6.92. The third-order valence-electron chi connectivity index (χ3n) is 7.54. The molecule has 4 heterocycles. The Labute approximate surface area is 219 Å². The van der Waals surface area contributed by atoms with E-state index in [2.05, 4.69) is 43.4 Å². The molecular weight excluding hydrogens is 476 g/mol. The van der Waals surface area contributed by atoms with Crippen molar-refractivity contribution < 1.29 is 9.90 Å². The monoisotopic (exact) mass is 500 g/mol. The third kappa shape index (κ3) is 3.45. The lowest BCUT2D eigenvalue weighted by Gasteiger charge is -2.42. The number of pyridine rings is 2. The Kier molecular flexibility index (Phi) is 5.00. The second kappa shape index (κ2) is 8.55. The number of carboxylic acid groups (broad SMARTS) is 1. The highest BCUT2D eigenvalue weighted by Crippen LogP contribution is 2.45. The van der Waals surface area contributed by atoms with E-state index in [1.165, 1.54) is 0 Å². The van der Waals surface area contributed by atoms with E-state index in [0.29, 0.717) is 0 Å². The van der Waals surface area contributed by atoms with Crippen LogP contribution in [0.3, 0.4) is 0 Å². The lowest BCUT2D eigenvalue weighted by molar-refractivity contribution is 0.144. The molecule has 0 radical (unpaired) electrons. The van der Waals surface area contributed by atoms with Crippen LogP contribution in [0.2, 0.25) is 0 Å². The summed E-state index contributed by atoms with van der Waals surface area (Å²) in [5.74, 6) is 1.56. The first-order valence-electron chi connectivity index (χ1n) is 12.6. The van der Waals surface area contributed by atoms with Crippen LogP contribution in [0.5, 0.6) is 0 Å². The molecule has 3 aromatic heterocycles. The Morgan fingerprint density at radius 2 is 1.71 bits per heavy atom. The van der Waals surface area contributed by atoms with Crippen molar-refractivity contribution in [1.29, 1.82) is 0 Å². The van der Waals surface area contributed by atoms with E-state index in [0.717, 1.165) is 75.9 Å². The van der Waals surface area contributed by atoms with Gasteiger partial charge in [0.15, 0.2) is 5.82 Å². The van der Waals surface area contributed by atoms with Gasteiger partial charge in [-0.2, -0.15) is 0 Å². The maximum Gasteiger partial charge on any atom is 0.405 e. The first-order valence-corrected chi connectivity index (χ1v) is 12.6. The molecule has 0 bridgehead atoms. The molecule has 1 fully saturated rings. The molecule has 38 heavy (non-hydrogen) atoms. The molecule has 0 saturated heterocycles. The molecule has 1 saturated carbocycles. The fraction of sp³-hybridized carbons (Fsp3) is 0.133. The molecule has 2 aliphatic rings. The molecule has 2 aromatic carbocycles. The average molecular weight is 501 g/mol. The van der Waals surface area contributed by atoms with Crippen LogP contribution < -0.4 is 10.6 Å². The molecule has 8 nitrogen and oxygen atoms in total. The SMILES string of the molecule is O=C(O)NC1(c2ccc(-c3c(-c4ccncc4)nc4n3-c3cccnc3Nc3ccccc3-4)cc2)CCC1. The van der Waals surface area contributed by atoms with Crippen molar-refractivity contribution in [3.05, 3.63) is 97.0 Å². The summed E-state index contributed by atoms with van der Waals surface area (Å²) in [6.45, 7) is 0. The van der Waals surface area contributed by atoms with Gasteiger partial charge >= 0.3 is 6.09 Å². The summed E-state index contributed by atoms with van der Waals surface area (Å²) in [4.78, 5) is 25.6. The van der Waals surface area contributed by atoms with Crippen LogP contribution in [0.25, 0.3) is 39.6 Å². The molecule has 1 aliphatic heterocycles. The predicted octanol–water partition coefficient (Wildman–Crippen LogP) is 6.37. The van der Waals surface area contributed by atoms with Gasteiger partial charge in [0, 0.05) is 35.3 Å². The van der Waals surface area contributed by atoms with Gasteiger partial charge in [-0.25, -0.2) is 14.8 Å². The quantitative estimate of drug-likeness (QED) is 0.260. The van der Waals surface area contributed by atoms with Crippen LogP contribution >= 0.6 is 0 Å². The molecule has 1 aliphatic carbocycles. The number of aromatic nitrogens is 4. The summed E-state index contributed by atoms with van der Waals surface area (Å²) in [5.41, 5.74) is 6.96. The van der Waals surface area contributed by atoms with E-state index in [1.807, 2.05) is 54.6 Å². The van der Waals surface area contributed by atoms with Gasteiger partial charge in [0.2, 0.25) is 0 Å². The number of benzene rings is 2. The lowest BCUT2D eigenvalue weighted by Crippen LogP contribution is -2.50. The Morgan fingerprint density at radius 1 is 0.921 bits per heavy atom. The number of para-hydroxylation sites is 1. The van der Waals surface area contributed by atoms with Crippen LogP contribution in [-0.2, 0) is 5.54 Å². The summed E-state index contributed by atoms with van der Waals surface area (Å²) >= 11 is 0. The van der Waals surface area contributed by atoms with Gasteiger partial charge in [-0.1, -0.05) is 36.4 Å². The molecule has 1 amide bonds. The van der Waals surface area contributed by atoms with Crippen LogP contribution in [-0.4, -0.2) is 30.7 Å². The van der Waals surface area contributed by atoms with Crippen molar-refractivity contribution in [2.24, 2.45) is 0 Å². The predicted molar refractivity (Wildman–Crippen MR) is 145 cm³/mol. The fourth-order valence-corrected chi connectivity index (χ4v) is 5.57. The number of carbonyl (C=O) groups is 1. The van der Waals surface area contributed by atoms with E-state index in [9.17, 15) is 9.90 Å². The Balaban J connectivity index is 1.48. The van der Waals surface area contributed by atoms with Crippen molar-refractivity contribution in [1.82, 2.24) is 24.8 Å². The zero-order valence-electron chi connectivity index (χ0n) is 20.4. The number of hydrogen-bond donors (Lipinski definition) is 3. The minimum Gasteiger partial charge on any atom is -0.465 e. The van der Waals surface area contributed by atoms with E-state index in [4.69, 9.17) is 4.98 Å². The number of rotatable bonds is 4. The van der Waals surface area contributed by atoms with Crippen molar-refractivity contribution in [3.8, 4) is 39.6 Å². The standard InChI is InChI=1S/C30H24N6O2/c37-29(38)35-30(14-4-15-30)21-10-8-20(9-11-21)26-25(19-12-17-31-18-13-19)34-28-22-5-1-2-6-23(22)33-27-24(36(26)28)7-3-16-32-27/h1-3,5-13,16-18,35H,4,14-15H2,(H,32,33)(H,37,38). The number of nitrogens with zero attached hydrogens (tertiary/aromatic N) is 4. The highest BCUT2D eigenvalue weighted by molar-refractivity contribution is 5.90. The number of hydrogen-bond acceptors (Lipinski definition) is 5. The largest absolute Gasteiger partial charge is 0.465 e. The molecule has 3 N–H and O–H groups in total. The normalized spacial score (nSPS) is 14.6. The van der Waals surface area contributed by atoms with Gasteiger partial charge in [0.25, 0.3) is 0 Å². The second-order valence-corrected chi connectivity index (χ2v) is 9.69. The van der Waals surface area contributed by atoms with Crippen LogP contribution in [0.15, 0.2) is 91.4 Å². The number of anilines is 2. The van der Waals surface area contributed by atoms with E-state index < -0.39 is 11.6 Å². The van der Waals surface area contributed by atoms with Crippen molar-refractivity contribution in [3.63, 3.8) is 0 Å². The Morgan fingerprint density at radius 3 is 2.45 bits per heavy atom. The summed E-state index contributed by atoms with van der Waals surface area (Å²) < 4.78 is 2.17. The van der Waals surface area contributed by atoms with Crippen molar-refractivity contribution >= 4 is 17.6 Å². The van der Waals surface area contributed by atoms with Crippen molar-refractivity contribution in [2.45, 2.75) is 24.8 Å². The molecule has 5 aromatic rings. The number of amides is 1. The maximum atomic E-state index is 11.5. The van der Waals surface area contributed by atoms with Gasteiger partial charge in [-0.3, -0.25) is 9.55 Å². The van der Waals surface area contributed by atoms with E-state index in [-0.39, 0.29) is 0 Å². The fourth-order valence-electron chi connectivity index (χ4n) is 5.57. The Hall–Kier alpha value is -4.98. The number of imidazole rings is 1. The lowest BCUT2D eigenvalue weighted by atomic mass is 9.71. The highest BCUT2D eigenvalue weighted by atomic mass is 16.4. The topological polar surface area (TPSA) is 105 Å². The summed E-state index contributed by atoms with van der Waals surface area (Å²) in [5, 5.41) is 15.7. The smallest absolute Gasteiger partial charge is 0.405 e. The average Bonchev–Trinajstić information content (AvgIpc) is 3.26. The van der Waals surface area contributed by atoms with Crippen LogP contribution in [0.1, 0.15) is 24.8 Å². The van der Waals surface area contributed by atoms with E-state index in [1.54, 1.807) is 18.6 Å². The van der Waals surface area contributed by atoms with Gasteiger partial charge < -0.3 is 15.7 Å². The Bertz CT molecular complexity index is 1670. The molecule has 186 valence electrons.